The van der Waals surface area contributed by atoms with Gasteiger partial charge < -0.3 is 19.7 Å². The van der Waals surface area contributed by atoms with Crippen LogP contribution in [0.3, 0.4) is 0 Å². The topological polar surface area (TPSA) is 93.1 Å². The second kappa shape index (κ2) is 53.9. The number of rotatable bonds is 55. The Hall–Kier alpha value is -1.40. The lowest BCUT2D eigenvalue weighted by Crippen LogP contribution is -2.40. The van der Waals surface area contributed by atoms with Crippen LogP contribution >= 0.6 is 0 Å². The molecule has 1 atom stereocenters. The maximum Gasteiger partial charge on any atom is 0.309 e. The molecule has 0 aromatic carbocycles. The minimum atomic E-state index is -1.12. The second-order valence-electron chi connectivity index (χ2n) is 22.8. The third kappa shape index (κ3) is 45.2. The van der Waals surface area contributed by atoms with Gasteiger partial charge in [-0.15, -0.1) is 0 Å². The minimum Gasteiger partial charge on any atom is -0.465 e. The van der Waals surface area contributed by atoms with Crippen molar-refractivity contribution in [3.05, 3.63) is 12.2 Å². The summed E-state index contributed by atoms with van der Waals surface area (Å²) in [4.78, 5) is 24.7. The van der Waals surface area contributed by atoms with Gasteiger partial charge in [-0.2, -0.15) is 0 Å². The van der Waals surface area contributed by atoms with Crippen molar-refractivity contribution in [3.8, 4) is 0 Å². The van der Waals surface area contributed by atoms with Gasteiger partial charge in [-0.05, 0) is 32.1 Å². The van der Waals surface area contributed by atoms with E-state index in [4.69, 9.17) is 9.47 Å². The normalized spacial score (nSPS) is 15.3. The van der Waals surface area contributed by atoms with Gasteiger partial charge in [-0.25, -0.2) is 0 Å². The molecule has 1 fully saturated rings. The molecule has 6 heteroatoms. The van der Waals surface area contributed by atoms with Gasteiger partial charge in [-0.3, -0.25) is 9.59 Å². The quantitative estimate of drug-likeness (QED) is 0.0358. The molecular weight excluding hydrogens is 865 g/mol. The average molecular weight is 988 g/mol. The van der Waals surface area contributed by atoms with Crippen LogP contribution in [0.25, 0.3) is 0 Å². The Morgan fingerprint density at radius 1 is 0.371 bits per heavy atom. The standard InChI is InChI=1S/C64H122O6/c1-2-3-4-5-6-7-8-9-10-11-12-13-14-15-16-17-18-19-20-21-22-23-24-25-26-27-28-29-30-31-32-33-34-35-36-37-38-39-40-41-42-43-44-45-46-47-48-49-50-51-52-53-54-55-61-56-62(67)69-59-64(57-65,58-66)60-70-63(61)68/h22-23,61,65-66H,2-21,24-60H2,1H3/b23-22+. The Morgan fingerprint density at radius 3 is 0.886 bits per heavy atom. The van der Waals surface area contributed by atoms with Crippen LogP contribution in [0.5, 0.6) is 0 Å². The minimum absolute atomic E-state index is 0.00478. The summed E-state index contributed by atoms with van der Waals surface area (Å²) < 4.78 is 10.6. The monoisotopic (exact) mass is 987 g/mol. The van der Waals surface area contributed by atoms with Crippen LogP contribution in [-0.2, 0) is 19.1 Å². The van der Waals surface area contributed by atoms with E-state index in [-0.39, 0.29) is 19.6 Å². The molecule has 70 heavy (non-hydrogen) atoms. The maximum atomic E-state index is 12.5. The first-order chi connectivity index (χ1) is 34.6. The summed E-state index contributed by atoms with van der Waals surface area (Å²) in [5.74, 6) is -1.40. The predicted molar refractivity (Wildman–Crippen MR) is 302 cm³/mol. The molecule has 1 rings (SSSR count). The fraction of sp³-hybridized carbons (Fsp3) is 0.938. The van der Waals surface area contributed by atoms with Crippen molar-refractivity contribution in [3.63, 3.8) is 0 Å². The van der Waals surface area contributed by atoms with Gasteiger partial charge in [0.15, 0.2) is 0 Å². The number of carbonyl (C=O) groups excluding carboxylic acids is 2. The van der Waals surface area contributed by atoms with E-state index in [9.17, 15) is 19.8 Å². The SMILES string of the molecule is CCCCCCCCCCCCCCCCCCCCC/C=C/CCCCCCCCCCCCCCCCCCCCCCCCCCCCCCCCC1CC(=O)OCC(CO)(CO)COC1=O. The summed E-state index contributed by atoms with van der Waals surface area (Å²) in [5.41, 5.74) is -1.12. The zero-order valence-electron chi connectivity index (χ0n) is 47.1. The average Bonchev–Trinajstić information content (AvgIpc) is 3.43. The van der Waals surface area contributed by atoms with Crippen molar-refractivity contribution in [1.29, 1.82) is 0 Å². The highest BCUT2D eigenvalue weighted by atomic mass is 16.6. The van der Waals surface area contributed by atoms with E-state index in [0.29, 0.717) is 6.42 Å². The number of hydrogen-bond donors (Lipinski definition) is 2. The summed E-state index contributed by atoms with van der Waals surface area (Å²) in [5, 5.41) is 19.2. The second-order valence-corrected chi connectivity index (χ2v) is 22.8. The van der Waals surface area contributed by atoms with Gasteiger partial charge in [0, 0.05) is 0 Å². The van der Waals surface area contributed by atoms with Crippen molar-refractivity contribution >= 4 is 11.9 Å². The van der Waals surface area contributed by atoms with Crippen molar-refractivity contribution in [2.24, 2.45) is 11.3 Å². The van der Waals surface area contributed by atoms with Crippen LogP contribution in [0.15, 0.2) is 12.2 Å². The largest absolute Gasteiger partial charge is 0.465 e. The molecule has 414 valence electrons. The molecule has 2 N–H and O–H groups in total. The summed E-state index contributed by atoms with van der Waals surface area (Å²) in [6, 6.07) is 0. The number of ether oxygens (including phenoxy) is 2. The Bertz CT molecular complexity index is 1100. The van der Waals surface area contributed by atoms with Crippen molar-refractivity contribution < 1.29 is 29.3 Å². The first kappa shape index (κ1) is 66.6. The molecule has 1 saturated heterocycles. The van der Waals surface area contributed by atoms with Crippen LogP contribution in [0.2, 0.25) is 0 Å². The molecule has 0 radical (unpaired) electrons. The molecule has 0 aliphatic carbocycles. The number of unbranched alkanes of at least 4 members (excludes halogenated alkanes) is 49. The van der Waals surface area contributed by atoms with E-state index in [1.807, 2.05) is 0 Å². The van der Waals surface area contributed by atoms with Crippen molar-refractivity contribution in [2.45, 2.75) is 347 Å². The van der Waals surface area contributed by atoms with Crippen LogP contribution in [-0.4, -0.2) is 48.6 Å². The number of esters is 2. The molecule has 0 bridgehead atoms. The molecule has 0 aromatic rings. The van der Waals surface area contributed by atoms with Crippen LogP contribution < -0.4 is 0 Å². The molecule has 0 spiro atoms. The third-order valence-corrected chi connectivity index (χ3v) is 15.8. The molecule has 1 heterocycles. The fourth-order valence-electron chi connectivity index (χ4n) is 10.6. The summed E-state index contributed by atoms with van der Waals surface area (Å²) in [6.07, 6.45) is 77.2. The zero-order chi connectivity index (χ0) is 50.4. The molecule has 1 aliphatic rings. The highest BCUT2D eigenvalue weighted by molar-refractivity contribution is 5.80. The van der Waals surface area contributed by atoms with E-state index < -0.39 is 36.5 Å². The summed E-state index contributed by atoms with van der Waals surface area (Å²) in [6.45, 7) is 1.21. The van der Waals surface area contributed by atoms with Crippen molar-refractivity contribution in [1.82, 2.24) is 0 Å². The number of carbonyl (C=O) groups is 2. The van der Waals surface area contributed by atoms with Crippen LogP contribution in [0.1, 0.15) is 347 Å². The van der Waals surface area contributed by atoms with Crippen LogP contribution in [0.4, 0.5) is 0 Å². The van der Waals surface area contributed by atoms with E-state index in [1.54, 1.807) is 0 Å². The summed E-state index contributed by atoms with van der Waals surface area (Å²) >= 11 is 0. The maximum absolute atomic E-state index is 12.5. The molecular formula is C64H122O6. The van der Waals surface area contributed by atoms with E-state index in [2.05, 4.69) is 19.1 Å². The number of allylic oxidation sites excluding steroid dienone is 2. The van der Waals surface area contributed by atoms with Gasteiger partial charge in [-0.1, -0.05) is 321 Å². The number of aliphatic hydroxyl groups excluding tert-OH is 2. The highest BCUT2D eigenvalue weighted by Gasteiger charge is 2.36. The van der Waals surface area contributed by atoms with E-state index in [1.165, 1.54) is 308 Å². The lowest BCUT2D eigenvalue weighted by Gasteiger charge is -2.27. The van der Waals surface area contributed by atoms with Gasteiger partial charge in [0.1, 0.15) is 13.2 Å². The van der Waals surface area contributed by atoms with Gasteiger partial charge in [0.2, 0.25) is 0 Å². The highest BCUT2D eigenvalue weighted by Crippen LogP contribution is 2.25. The van der Waals surface area contributed by atoms with Crippen LogP contribution in [0, 0.1) is 11.3 Å². The molecule has 6 nitrogen and oxygen atoms in total. The smallest absolute Gasteiger partial charge is 0.309 e. The van der Waals surface area contributed by atoms with Gasteiger partial charge >= 0.3 is 11.9 Å². The molecule has 0 saturated carbocycles. The zero-order valence-corrected chi connectivity index (χ0v) is 47.1. The number of cyclic esters (lactones) is 2. The third-order valence-electron chi connectivity index (χ3n) is 15.8. The van der Waals surface area contributed by atoms with Gasteiger partial charge in [0.05, 0.1) is 31.0 Å². The Balaban J connectivity index is 1.68. The van der Waals surface area contributed by atoms with Gasteiger partial charge in [0.25, 0.3) is 0 Å². The predicted octanol–water partition coefficient (Wildman–Crippen LogP) is 19.9. The lowest BCUT2D eigenvalue weighted by molar-refractivity contribution is -0.155. The Labute approximate surface area is 436 Å². The molecule has 1 unspecified atom stereocenters. The van der Waals surface area contributed by atoms with Crippen molar-refractivity contribution in [2.75, 3.05) is 26.4 Å². The Kier molecular flexibility index (Phi) is 51.3. The lowest BCUT2D eigenvalue weighted by atomic mass is 9.92. The summed E-state index contributed by atoms with van der Waals surface area (Å²) in [7, 11) is 0. The first-order valence-electron chi connectivity index (χ1n) is 31.8. The molecule has 0 amide bonds. The van der Waals surface area contributed by atoms with E-state index >= 15 is 0 Å². The fourth-order valence-corrected chi connectivity index (χ4v) is 10.6. The van der Waals surface area contributed by atoms with E-state index in [0.717, 1.165) is 19.3 Å². The molecule has 0 aromatic heterocycles. The molecule has 1 aliphatic heterocycles. The number of hydrogen-bond acceptors (Lipinski definition) is 6. The Morgan fingerprint density at radius 2 is 0.614 bits per heavy atom. The number of aliphatic hydroxyl groups is 2. The first-order valence-corrected chi connectivity index (χ1v) is 31.8.